The molecule has 0 heterocycles. The Kier molecular flexibility index (Phi) is 7.95. The van der Waals surface area contributed by atoms with Gasteiger partial charge in [0, 0.05) is 5.41 Å². The van der Waals surface area contributed by atoms with Crippen molar-refractivity contribution in [3.8, 4) is 0 Å². The van der Waals surface area contributed by atoms with E-state index in [1.807, 2.05) is 30.3 Å². The fourth-order valence-corrected chi connectivity index (χ4v) is 11.9. The van der Waals surface area contributed by atoms with Crippen LogP contribution in [0.25, 0.3) is 0 Å². The maximum Gasteiger partial charge on any atom is 0.321 e. The van der Waals surface area contributed by atoms with Gasteiger partial charge in [-0.25, -0.2) is 0 Å². The molecule has 242 valence electrons. The number of carbonyl (C=O) groups is 2. The molecule has 4 fully saturated rings. The molecule has 0 radical (unpaired) electrons. The fourth-order valence-electron chi connectivity index (χ4n) is 11.9. The smallest absolute Gasteiger partial charge is 0.321 e. The summed E-state index contributed by atoms with van der Waals surface area (Å²) in [6.07, 6.45) is 12.9. The summed E-state index contributed by atoms with van der Waals surface area (Å²) >= 11 is 5.85. The molecule has 0 saturated heterocycles. The van der Waals surface area contributed by atoms with Gasteiger partial charge in [0.15, 0.2) is 0 Å². The molecule has 4 saturated carbocycles. The number of alkyl halides is 1. The monoisotopic (exact) mass is 622 g/mol. The summed E-state index contributed by atoms with van der Waals surface area (Å²) in [5.74, 6) is 0.923. The van der Waals surface area contributed by atoms with Crippen LogP contribution in [0.2, 0.25) is 0 Å². The Hall–Kier alpha value is -1.81. The summed E-state index contributed by atoms with van der Waals surface area (Å²) in [5, 5.41) is 0. The van der Waals surface area contributed by atoms with E-state index in [2.05, 4.69) is 54.5 Å². The Morgan fingerprint density at radius 1 is 0.864 bits per heavy atom. The molecule has 6 rings (SSSR count). The number of fused-ring (bicyclic) bond motifs is 7. The number of carbonyl (C=O) groups excluding carboxylic acids is 2. The van der Waals surface area contributed by atoms with Crippen LogP contribution in [0.15, 0.2) is 42.0 Å². The summed E-state index contributed by atoms with van der Waals surface area (Å²) in [7, 11) is 0. The first-order valence-electron chi connectivity index (χ1n) is 17.3. The van der Waals surface area contributed by atoms with E-state index in [0.717, 1.165) is 63.4 Å². The Labute approximate surface area is 271 Å². The lowest BCUT2D eigenvalue weighted by molar-refractivity contribution is -0.213. The molecule has 0 aliphatic heterocycles. The zero-order valence-electron chi connectivity index (χ0n) is 28.3. The predicted molar refractivity (Wildman–Crippen MR) is 176 cm³/mol. The molecule has 0 unspecified atom stereocenters. The van der Waals surface area contributed by atoms with E-state index >= 15 is 0 Å². The number of hydrogen-bond donors (Lipinski definition) is 0. The van der Waals surface area contributed by atoms with Crippen molar-refractivity contribution in [2.75, 3.05) is 5.88 Å². The lowest BCUT2D eigenvalue weighted by Crippen LogP contribution is -2.65. The van der Waals surface area contributed by atoms with Crippen LogP contribution < -0.4 is 0 Å². The second kappa shape index (κ2) is 10.9. The SMILES string of the molecule is CC1(C)CC[C@]2(C(=O)OCc3ccccc3)CC[C@]3(C)C(=CC[C@@H]4[C@@]5(C)CC[C@H](OC(=O)CCl)C(C)(C)[C@@H]5CC[C@]43C)[C@@H]2C1. The van der Waals surface area contributed by atoms with Gasteiger partial charge in [-0.3, -0.25) is 9.59 Å². The Bertz CT molecular complexity index is 1320. The fraction of sp³-hybridized carbons (Fsp3) is 0.744. The quantitative estimate of drug-likeness (QED) is 0.186. The van der Waals surface area contributed by atoms with E-state index < -0.39 is 5.41 Å². The summed E-state index contributed by atoms with van der Waals surface area (Å²) in [5.41, 5.74) is 2.68. The molecule has 8 atom stereocenters. The van der Waals surface area contributed by atoms with E-state index in [0.29, 0.717) is 18.4 Å². The van der Waals surface area contributed by atoms with E-state index in [4.69, 9.17) is 21.1 Å². The average molecular weight is 623 g/mol. The van der Waals surface area contributed by atoms with E-state index in [9.17, 15) is 9.59 Å². The standard InChI is InChI=1S/C39H55ClO4/c1-34(2)19-21-39(33(42)43-25-26-11-9-8-10-12-26)22-20-37(6)27(28(39)23-34)13-14-30-36(5)17-16-31(44-32(41)24-40)35(3,4)29(36)15-18-38(30,37)7/h8-13,28-31H,14-25H2,1-7H3/t28-,29-,30+,31-,36-,37+,38+,39-/m0/s1. The van der Waals surface area contributed by atoms with Gasteiger partial charge in [-0.2, -0.15) is 0 Å². The van der Waals surface area contributed by atoms with Crippen LogP contribution in [-0.4, -0.2) is 23.9 Å². The molecule has 0 bridgehead atoms. The molecule has 0 aromatic heterocycles. The van der Waals surface area contributed by atoms with Gasteiger partial charge in [0.1, 0.15) is 18.6 Å². The number of ether oxygens (including phenoxy) is 2. The molecular formula is C39H55ClO4. The lowest BCUT2D eigenvalue weighted by Gasteiger charge is -2.71. The second-order valence-electron chi connectivity index (χ2n) is 17.4. The number of halogens is 1. The lowest BCUT2D eigenvalue weighted by atomic mass is 9.33. The third kappa shape index (κ3) is 4.73. The third-order valence-corrected chi connectivity index (χ3v) is 14.8. The first kappa shape index (κ1) is 32.1. The number of allylic oxidation sites excluding steroid dienone is 2. The molecule has 5 aliphatic rings. The molecule has 44 heavy (non-hydrogen) atoms. The van der Waals surface area contributed by atoms with Crippen molar-refractivity contribution in [2.24, 2.45) is 50.2 Å². The van der Waals surface area contributed by atoms with Crippen LogP contribution in [0, 0.1) is 50.2 Å². The largest absolute Gasteiger partial charge is 0.461 e. The Balaban J connectivity index is 1.33. The average Bonchev–Trinajstić information content (AvgIpc) is 2.98. The number of benzene rings is 1. The second-order valence-corrected chi connectivity index (χ2v) is 17.7. The maximum atomic E-state index is 14.2. The van der Waals surface area contributed by atoms with Crippen LogP contribution in [-0.2, 0) is 25.7 Å². The Morgan fingerprint density at radius 3 is 2.27 bits per heavy atom. The molecule has 5 aliphatic carbocycles. The van der Waals surface area contributed by atoms with Crippen LogP contribution in [0.5, 0.6) is 0 Å². The number of rotatable bonds is 5. The highest BCUT2D eigenvalue weighted by Crippen LogP contribution is 2.76. The van der Waals surface area contributed by atoms with Gasteiger partial charge in [0.25, 0.3) is 0 Å². The number of hydrogen-bond acceptors (Lipinski definition) is 4. The van der Waals surface area contributed by atoms with E-state index in [1.54, 1.807) is 5.57 Å². The molecule has 0 amide bonds. The molecule has 1 aromatic rings. The topological polar surface area (TPSA) is 52.6 Å². The van der Waals surface area contributed by atoms with E-state index in [1.165, 1.54) is 6.42 Å². The molecular weight excluding hydrogens is 568 g/mol. The van der Waals surface area contributed by atoms with Crippen molar-refractivity contribution in [1.82, 2.24) is 0 Å². The van der Waals surface area contributed by atoms with Crippen LogP contribution >= 0.6 is 11.6 Å². The highest BCUT2D eigenvalue weighted by atomic mass is 35.5. The van der Waals surface area contributed by atoms with Gasteiger partial charge in [0.2, 0.25) is 0 Å². The summed E-state index contributed by atoms with van der Waals surface area (Å²) in [6, 6.07) is 10.1. The number of esters is 2. The zero-order valence-corrected chi connectivity index (χ0v) is 29.0. The molecule has 5 heteroatoms. The highest BCUT2D eigenvalue weighted by Gasteiger charge is 2.69. The highest BCUT2D eigenvalue weighted by molar-refractivity contribution is 6.26. The van der Waals surface area contributed by atoms with Gasteiger partial charge in [-0.15, -0.1) is 11.6 Å². The van der Waals surface area contributed by atoms with Crippen molar-refractivity contribution >= 4 is 23.5 Å². The molecule has 4 nitrogen and oxygen atoms in total. The van der Waals surface area contributed by atoms with Gasteiger partial charge in [-0.1, -0.05) is 90.4 Å². The molecule has 1 aromatic carbocycles. The summed E-state index contributed by atoms with van der Waals surface area (Å²) < 4.78 is 12.1. The van der Waals surface area contributed by atoms with Gasteiger partial charge in [0.05, 0.1) is 5.41 Å². The van der Waals surface area contributed by atoms with E-state index in [-0.39, 0.29) is 56.9 Å². The van der Waals surface area contributed by atoms with Crippen LogP contribution in [0.3, 0.4) is 0 Å². The van der Waals surface area contributed by atoms with Crippen molar-refractivity contribution < 1.29 is 19.1 Å². The van der Waals surface area contributed by atoms with Gasteiger partial charge in [-0.05, 0) is 109 Å². The first-order chi connectivity index (χ1) is 20.6. The first-order valence-corrected chi connectivity index (χ1v) is 17.8. The summed E-state index contributed by atoms with van der Waals surface area (Å²) in [6.45, 7) is 17.5. The van der Waals surface area contributed by atoms with Crippen LogP contribution in [0.1, 0.15) is 118 Å². The minimum Gasteiger partial charge on any atom is -0.461 e. The van der Waals surface area contributed by atoms with Crippen molar-refractivity contribution in [3.63, 3.8) is 0 Å². The van der Waals surface area contributed by atoms with Crippen molar-refractivity contribution in [1.29, 1.82) is 0 Å². The van der Waals surface area contributed by atoms with Gasteiger partial charge < -0.3 is 9.47 Å². The van der Waals surface area contributed by atoms with Crippen molar-refractivity contribution in [2.45, 2.75) is 125 Å². The van der Waals surface area contributed by atoms with Gasteiger partial charge >= 0.3 is 11.9 Å². The maximum absolute atomic E-state index is 14.2. The minimum atomic E-state index is -0.424. The predicted octanol–water partition coefficient (Wildman–Crippen LogP) is 9.68. The molecule has 0 spiro atoms. The zero-order chi connectivity index (χ0) is 31.8. The van der Waals surface area contributed by atoms with Crippen LogP contribution in [0.4, 0.5) is 0 Å². The van der Waals surface area contributed by atoms with Crippen molar-refractivity contribution in [3.05, 3.63) is 47.5 Å². The minimum absolute atomic E-state index is 0.0271. The third-order valence-electron chi connectivity index (χ3n) is 14.6. The molecule has 0 N–H and O–H groups in total. The Morgan fingerprint density at radius 2 is 1.57 bits per heavy atom. The normalized spacial score (nSPS) is 42.0. The summed E-state index contributed by atoms with van der Waals surface area (Å²) in [4.78, 5) is 26.5.